The minimum absolute atomic E-state index is 0.226. The van der Waals surface area contributed by atoms with Gasteiger partial charge in [-0.2, -0.15) is 0 Å². The number of aryl methyl sites for hydroxylation is 1. The first kappa shape index (κ1) is 17.0. The van der Waals surface area contributed by atoms with Crippen molar-refractivity contribution in [2.75, 3.05) is 0 Å². The first-order chi connectivity index (χ1) is 10.8. The average Bonchev–Trinajstić information content (AvgIpc) is 2.55. The van der Waals surface area contributed by atoms with E-state index in [0.29, 0.717) is 12.1 Å². The number of nitrogens with one attached hydrogen (secondary N) is 2. The van der Waals surface area contributed by atoms with Gasteiger partial charge in [-0.3, -0.25) is 10.2 Å². The van der Waals surface area contributed by atoms with Gasteiger partial charge in [0, 0.05) is 5.56 Å². The van der Waals surface area contributed by atoms with Gasteiger partial charge in [0.15, 0.2) is 0 Å². The quantitative estimate of drug-likeness (QED) is 0.819. The van der Waals surface area contributed by atoms with Crippen LogP contribution in [0.25, 0.3) is 0 Å². The molecular formula is C15H14F2N2O3S. The predicted molar refractivity (Wildman–Crippen MR) is 80.0 cm³/mol. The zero-order valence-electron chi connectivity index (χ0n) is 12.1. The summed E-state index contributed by atoms with van der Waals surface area (Å²) in [6.45, 7) is 1.96. The molecule has 0 aromatic heterocycles. The lowest BCUT2D eigenvalue weighted by molar-refractivity contribution is 0.0945. The lowest BCUT2D eigenvalue weighted by Crippen LogP contribution is -2.41. The first-order valence-corrected chi connectivity index (χ1v) is 8.18. The van der Waals surface area contributed by atoms with Gasteiger partial charge in [0.2, 0.25) is 0 Å². The van der Waals surface area contributed by atoms with Gasteiger partial charge in [0.05, 0.1) is 0 Å². The molecule has 0 aliphatic heterocycles. The summed E-state index contributed by atoms with van der Waals surface area (Å²) >= 11 is 0. The maximum Gasteiger partial charge on any atom is 0.266 e. The number of benzene rings is 2. The molecule has 2 N–H and O–H groups in total. The molecule has 0 heterocycles. The van der Waals surface area contributed by atoms with Crippen molar-refractivity contribution in [2.45, 2.75) is 18.2 Å². The van der Waals surface area contributed by atoms with E-state index in [4.69, 9.17) is 0 Å². The van der Waals surface area contributed by atoms with E-state index in [0.717, 1.165) is 18.1 Å². The molecule has 2 rings (SSSR count). The molecule has 5 nitrogen and oxygen atoms in total. The Morgan fingerprint density at radius 2 is 1.74 bits per heavy atom. The van der Waals surface area contributed by atoms with Crippen LogP contribution in [0.1, 0.15) is 22.8 Å². The van der Waals surface area contributed by atoms with Crippen LogP contribution in [0.3, 0.4) is 0 Å². The summed E-state index contributed by atoms with van der Waals surface area (Å²) in [4.78, 5) is 12.7. The van der Waals surface area contributed by atoms with Gasteiger partial charge in [0.1, 0.15) is 16.5 Å². The average molecular weight is 340 g/mol. The minimum Gasteiger partial charge on any atom is -0.273 e. The van der Waals surface area contributed by atoms with Crippen LogP contribution in [0, 0.1) is 11.6 Å². The maximum atomic E-state index is 13.5. The zero-order valence-corrected chi connectivity index (χ0v) is 13.0. The summed E-state index contributed by atoms with van der Waals surface area (Å²) in [5, 5.41) is 0. The van der Waals surface area contributed by atoms with Crippen LogP contribution in [0.15, 0.2) is 47.4 Å². The second-order valence-electron chi connectivity index (χ2n) is 4.68. The molecule has 0 fully saturated rings. The SMILES string of the molecule is CCc1ccc(C(=O)NNS(=O)(=O)c2cc(F)ccc2F)cc1. The fourth-order valence-electron chi connectivity index (χ4n) is 1.82. The van der Waals surface area contributed by atoms with E-state index in [1.807, 2.05) is 12.3 Å². The number of halogens is 2. The second-order valence-corrected chi connectivity index (χ2v) is 6.34. The third kappa shape index (κ3) is 4.11. The second kappa shape index (κ2) is 6.84. The molecule has 0 bridgehead atoms. The molecule has 0 spiro atoms. The van der Waals surface area contributed by atoms with Crippen LogP contribution in [0.5, 0.6) is 0 Å². The smallest absolute Gasteiger partial charge is 0.266 e. The molecule has 0 saturated carbocycles. The summed E-state index contributed by atoms with van der Waals surface area (Å²) in [7, 11) is -4.43. The Kier molecular flexibility index (Phi) is 5.07. The van der Waals surface area contributed by atoms with Crippen LogP contribution >= 0.6 is 0 Å². The Hall–Kier alpha value is -2.32. The topological polar surface area (TPSA) is 75.3 Å². The number of hydrogen-bond donors (Lipinski definition) is 2. The van der Waals surface area contributed by atoms with Crippen LogP contribution in [-0.4, -0.2) is 14.3 Å². The van der Waals surface area contributed by atoms with Crippen molar-refractivity contribution in [2.24, 2.45) is 0 Å². The van der Waals surface area contributed by atoms with E-state index in [1.54, 1.807) is 17.0 Å². The van der Waals surface area contributed by atoms with Crippen LogP contribution in [0.2, 0.25) is 0 Å². The van der Waals surface area contributed by atoms with Gasteiger partial charge < -0.3 is 0 Å². The number of amides is 1. The number of carbonyl (C=O) groups is 1. The highest BCUT2D eigenvalue weighted by atomic mass is 32.2. The minimum atomic E-state index is -4.43. The van der Waals surface area contributed by atoms with Crippen molar-refractivity contribution in [3.05, 3.63) is 65.2 Å². The molecule has 0 radical (unpaired) electrons. The molecule has 1 amide bonds. The van der Waals surface area contributed by atoms with Crippen molar-refractivity contribution in [3.8, 4) is 0 Å². The highest BCUT2D eigenvalue weighted by Gasteiger charge is 2.20. The van der Waals surface area contributed by atoms with Crippen molar-refractivity contribution in [1.82, 2.24) is 10.3 Å². The van der Waals surface area contributed by atoms with E-state index < -0.39 is 32.5 Å². The third-order valence-corrected chi connectivity index (χ3v) is 4.37. The van der Waals surface area contributed by atoms with E-state index in [1.165, 1.54) is 12.1 Å². The molecule has 0 saturated heterocycles. The fourth-order valence-corrected chi connectivity index (χ4v) is 2.75. The van der Waals surface area contributed by atoms with E-state index in [2.05, 4.69) is 0 Å². The van der Waals surface area contributed by atoms with E-state index in [9.17, 15) is 22.0 Å². The Balaban J connectivity index is 2.12. The van der Waals surface area contributed by atoms with Crippen LogP contribution in [-0.2, 0) is 16.4 Å². The van der Waals surface area contributed by atoms with Crippen molar-refractivity contribution in [1.29, 1.82) is 0 Å². The summed E-state index contributed by atoms with van der Waals surface area (Å²) in [5.74, 6) is -2.75. The lowest BCUT2D eigenvalue weighted by atomic mass is 10.1. The van der Waals surface area contributed by atoms with Crippen LogP contribution < -0.4 is 10.3 Å². The Bertz CT molecular complexity index is 821. The molecule has 122 valence electrons. The standard InChI is InChI=1S/C15H14F2N2O3S/c1-2-10-3-5-11(6-4-10)15(20)18-19-23(21,22)14-9-12(16)7-8-13(14)17/h3-9,19H,2H2,1H3,(H,18,20). The molecular weight excluding hydrogens is 326 g/mol. The number of hydrazine groups is 1. The monoisotopic (exact) mass is 340 g/mol. The van der Waals surface area contributed by atoms with Crippen LogP contribution in [0.4, 0.5) is 8.78 Å². The van der Waals surface area contributed by atoms with Gasteiger partial charge >= 0.3 is 0 Å². The van der Waals surface area contributed by atoms with Crippen molar-refractivity contribution < 1.29 is 22.0 Å². The van der Waals surface area contributed by atoms with Crippen molar-refractivity contribution >= 4 is 15.9 Å². The van der Waals surface area contributed by atoms with Gasteiger partial charge in [-0.15, -0.1) is 4.83 Å². The molecule has 0 aliphatic carbocycles. The van der Waals surface area contributed by atoms with Gasteiger partial charge in [-0.1, -0.05) is 19.1 Å². The normalized spacial score (nSPS) is 11.3. The molecule has 0 aliphatic rings. The zero-order chi connectivity index (χ0) is 17.0. The highest BCUT2D eigenvalue weighted by Crippen LogP contribution is 2.15. The lowest BCUT2D eigenvalue weighted by Gasteiger charge is -2.09. The molecule has 2 aromatic carbocycles. The number of carbonyl (C=O) groups excluding carboxylic acids is 1. The highest BCUT2D eigenvalue weighted by molar-refractivity contribution is 7.89. The molecule has 0 unspecified atom stereocenters. The largest absolute Gasteiger partial charge is 0.273 e. The molecule has 2 aromatic rings. The molecule has 0 atom stereocenters. The summed E-state index contributed by atoms with van der Waals surface area (Å²) in [6, 6.07) is 8.54. The summed E-state index contributed by atoms with van der Waals surface area (Å²) < 4.78 is 50.4. The molecule has 8 heteroatoms. The Morgan fingerprint density at radius 3 is 2.35 bits per heavy atom. The Labute approximate surface area is 132 Å². The number of sulfonamides is 1. The molecule has 23 heavy (non-hydrogen) atoms. The van der Waals surface area contributed by atoms with Gasteiger partial charge in [-0.25, -0.2) is 17.2 Å². The fraction of sp³-hybridized carbons (Fsp3) is 0.133. The van der Waals surface area contributed by atoms with Crippen molar-refractivity contribution in [3.63, 3.8) is 0 Å². The van der Waals surface area contributed by atoms with E-state index in [-0.39, 0.29) is 5.56 Å². The van der Waals surface area contributed by atoms with E-state index >= 15 is 0 Å². The third-order valence-electron chi connectivity index (χ3n) is 3.11. The number of hydrogen-bond acceptors (Lipinski definition) is 3. The summed E-state index contributed by atoms with van der Waals surface area (Å²) in [6.07, 6.45) is 0.799. The van der Waals surface area contributed by atoms with Gasteiger partial charge in [0.25, 0.3) is 15.9 Å². The maximum absolute atomic E-state index is 13.5. The summed E-state index contributed by atoms with van der Waals surface area (Å²) in [5.41, 5.74) is 3.20. The van der Waals surface area contributed by atoms with Gasteiger partial charge in [-0.05, 0) is 42.3 Å². The Morgan fingerprint density at radius 1 is 1.09 bits per heavy atom. The number of rotatable bonds is 5. The predicted octanol–water partition coefficient (Wildman–Crippen LogP) is 2.15. The first-order valence-electron chi connectivity index (χ1n) is 6.69.